The fourth-order valence-corrected chi connectivity index (χ4v) is 4.74. The van der Waals surface area contributed by atoms with E-state index < -0.39 is 42.3 Å². The van der Waals surface area contributed by atoms with Crippen LogP contribution in [0.1, 0.15) is 72.6 Å². The van der Waals surface area contributed by atoms with Gasteiger partial charge in [0.2, 0.25) is 0 Å². The quantitative estimate of drug-likeness (QED) is 0.316. The molecule has 0 bridgehead atoms. The molecular formula is C24H33BrO7. The van der Waals surface area contributed by atoms with Gasteiger partial charge in [-0.1, -0.05) is 34.5 Å². The Morgan fingerprint density at radius 2 is 1.59 bits per heavy atom. The summed E-state index contributed by atoms with van der Waals surface area (Å²) >= 11 is 3.51. The molecule has 0 aromatic heterocycles. The highest BCUT2D eigenvalue weighted by atomic mass is 79.9. The fourth-order valence-electron chi connectivity index (χ4n) is 4.41. The number of hydrogen-bond donors (Lipinski definition) is 0. The van der Waals surface area contributed by atoms with Crippen LogP contribution in [0.4, 0.5) is 0 Å². The molecule has 0 amide bonds. The number of carbonyl (C=O) groups is 4. The number of hydrogen-bond acceptors (Lipinski definition) is 7. The summed E-state index contributed by atoms with van der Waals surface area (Å²) in [7, 11) is 0. The number of carbonyl (C=O) groups excluding carboxylic acids is 4. The standard InChI is InChI=1S/C24H33BrO7/c1-14(26)7-5-6-8-21-24(31-17(4)29)23(30-16(3)28)20(13-15(2)27)22(32-21)18-9-11-19(25)12-10-18/h9,11,20-24H,5-8,10,12-13H2,1-4H3/t20-,21+,22-,23+,24+/m0/s1. The zero-order valence-electron chi connectivity index (χ0n) is 19.2. The van der Waals surface area contributed by atoms with Crippen LogP contribution in [-0.4, -0.2) is 47.9 Å². The topological polar surface area (TPSA) is 96.0 Å². The molecule has 0 unspecified atom stereocenters. The molecule has 2 aliphatic rings. The van der Waals surface area contributed by atoms with Crippen molar-refractivity contribution in [1.82, 2.24) is 0 Å². The number of esters is 2. The fraction of sp³-hybridized carbons (Fsp3) is 0.667. The molecule has 1 aliphatic carbocycles. The van der Waals surface area contributed by atoms with E-state index in [4.69, 9.17) is 14.2 Å². The monoisotopic (exact) mass is 512 g/mol. The summed E-state index contributed by atoms with van der Waals surface area (Å²) in [4.78, 5) is 47.3. The Morgan fingerprint density at radius 1 is 0.938 bits per heavy atom. The summed E-state index contributed by atoms with van der Waals surface area (Å²) in [6.07, 6.45) is 5.48. The molecule has 0 aromatic carbocycles. The van der Waals surface area contributed by atoms with Gasteiger partial charge in [-0.25, -0.2) is 0 Å². The summed E-state index contributed by atoms with van der Waals surface area (Å²) < 4.78 is 18.9. The predicted octanol–water partition coefficient (Wildman–Crippen LogP) is 4.36. The Morgan fingerprint density at radius 3 is 2.12 bits per heavy atom. The van der Waals surface area contributed by atoms with Gasteiger partial charge in [0.15, 0.2) is 6.10 Å². The minimum Gasteiger partial charge on any atom is -0.458 e. The van der Waals surface area contributed by atoms with Gasteiger partial charge >= 0.3 is 11.9 Å². The SMILES string of the molecule is CC(=O)CCCC[C@H]1O[C@@H](C2=CC=C(Br)CC2)[C@H](CC(C)=O)[C@@H](OC(C)=O)[C@@H]1OC(C)=O. The Bertz CT molecular complexity index is 785. The van der Waals surface area contributed by atoms with E-state index in [2.05, 4.69) is 15.9 Å². The Hall–Kier alpha value is -1.80. The van der Waals surface area contributed by atoms with E-state index in [0.717, 1.165) is 22.9 Å². The minimum atomic E-state index is -0.819. The summed E-state index contributed by atoms with van der Waals surface area (Å²) in [5.74, 6) is -1.42. The Kier molecular flexibility index (Phi) is 10.3. The molecule has 32 heavy (non-hydrogen) atoms. The number of halogens is 1. The van der Waals surface area contributed by atoms with Crippen molar-refractivity contribution in [1.29, 1.82) is 0 Å². The Labute approximate surface area is 198 Å². The maximum absolute atomic E-state index is 12.1. The molecule has 8 heteroatoms. The number of ether oxygens (including phenoxy) is 3. The van der Waals surface area contributed by atoms with E-state index in [-0.39, 0.29) is 18.0 Å². The lowest BCUT2D eigenvalue weighted by atomic mass is 9.78. The summed E-state index contributed by atoms with van der Waals surface area (Å²) in [5, 5.41) is 0. The smallest absolute Gasteiger partial charge is 0.303 e. The van der Waals surface area contributed by atoms with Crippen molar-refractivity contribution in [3.8, 4) is 0 Å². The molecule has 0 saturated carbocycles. The highest BCUT2D eigenvalue weighted by Gasteiger charge is 2.50. The van der Waals surface area contributed by atoms with Crippen LogP contribution in [0, 0.1) is 5.92 Å². The van der Waals surface area contributed by atoms with Gasteiger partial charge < -0.3 is 23.8 Å². The highest BCUT2D eigenvalue weighted by molar-refractivity contribution is 9.11. The Balaban J connectivity index is 2.40. The van der Waals surface area contributed by atoms with Crippen molar-refractivity contribution in [2.24, 2.45) is 5.92 Å². The molecule has 1 fully saturated rings. The first-order valence-corrected chi connectivity index (χ1v) is 11.9. The van der Waals surface area contributed by atoms with Crippen molar-refractivity contribution in [3.05, 3.63) is 22.2 Å². The van der Waals surface area contributed by atoms with Gasteiger partial charge in [-0.05, 0) is 49.6 Å². The third-order valence-electron chi connectivity index (χ3n) is 5.71. The van der Waals surface area contributed by atoms with E-state index in [9.17, 15) is 19.2 Å². The van der Waals surface area contributed by atoms with E-state index >= 15 is 0 Å². The van der Waals surface area contributed by atoms with Crippen molar-refractivity contribution in [3.63, 3.8) is 0 Å². The lowest BCUT2D eigenvalue weighted by Gasteiger charge is -2.46. The van der Waals surface area contributed by atoms with Crippen molar-refractivity contribution < 1.29 is 33.4 Å². The van der Waals surface area contributed by atoms with Gasteiger partial charge in [0.05, 0.1) is 12.2 Å². The molecule has 7 nitrogen and oxygen atoms in total. The van der Waals surface area contributed by atoms with Gasteiger partial charge in [-0.2, -0.15) is 0 Å². The summed E-state index contributed by atoms with van der Waals surface area (Å²) in [6.45, 7) is 5.65. The zero-order valence-corrected chi connectivity index (χ0v) is 20.8. The van der Waals surface area contributed by atoms with Crippen LogP contribution in [0.3, 0.4) is 0 Å². The minimum absolute atomic E-state index is 0.0598. The van der Waals surface area contributed by atoms with Crippen molar-refractivity contribution in [2.75, 3.05) is 0 Å². The molecule has 178 valence electrons. The number of rotatable bonds is 10. The molecule has 5 atom stereocenters. The average molecular weight is 513 g/mol. The van der Waals surface area contributed by atoms with Gasteiger partial charge in [-0.3, -0.25) is 9.59 Å². The molecule has 0 aromatic rings. The van der Waals surface area contributed by atoms with Gasteiger partial charge in [0, 0.05) is 32.6 Å². The first-order valence-electron chi connectivity index (χ1n) is 11.1. The summed E-state index contributed by atoms with van der Waals surface area (Å²) in [6, 6.07) is 0. The number of allylic oxidation sites excluding steroid dienone is 3. The summed E-state index contributed by atoms with van der Waals surface area (Å²) in [5.41, 5.74) is 1.02. The number of Topliss-reactive ketones (excluding diaryl/α,β-unsaturated/α-hetero) is 2. The second-order valence-electron chi connectivity index (χ2n) is 8.62. The molecule has 0 N–H and O–H groups in total. The lowest BCUT2D eigenvalue weighted by molar-refractivity contribution is -0.221. The molecule has 0 spiro atoms. The zero-order chi connectivity index (χ0) is 23.8. The first kappa shape index (κ1) is 26.5. The van der Waals surface area contributed by atoms with E-state index in [1.54, 1.807) is 6.92 Å². The second-order valence-corrected chi connectivity index (χ2v) is 9.63. The third kappa shape index (κ3) is 7.96. The van der Waals surface area contributed by atoms with Gasteiger partial charge in [-0.15, -0.1) is 0 Å². The predicted molar refractivity (Wildman–Crippen MR) is 122 cm³/mol. The van der Waals surface area contributed by atoms with Crippen LogP contribution >= 0.6 is 15.9 Å². The highest BCUT2D eigenvalue weighted by Crippen LogP contribution is 2.40. The molecular weight excluding hydrogens is 480 g/mol. The van der Waals surface area contributed by atoms with E-state index in [1.807, 2.05) is 12.2 Å². The maximum atomic E-state index is 12.1. The van der Waals surface area contributed by atoms with Crippen LogP contribution in [0.25, 0.3) is 0 Å². The molecule has 1 heterocycles. The normalized spacial score (nSPS) is 27.7. The maximum Gasteiger partial charge on any atom is 0.303 e. The first-order chi connectivity index (χ1) is 15.1. The van der Waals surface area contributed by atoms with Crippen LogP contribution in [0.2, 0.25) is 0 Å². The molecule has 2 rings (SSSR count). The van der Waals surface area contributed by atoms with Crippen LogP contribution in [0.15, 0.2) is 22.2 Å². The lowest BCUT2D eigenvalue weighted by Crippen LogP contribution is -2.58. The second kappa shape index (κ2) is 12.4. The van der Waals surface area contributed by atoms with Crippen LogP contribution < -0.4 is 0 Å². The van der Waals surface area contributed by atoms with Gasteiger partial charge in [0.25, 0.3) is 0 Å². The van der Waals surface area contributed by atoms with Gasteiger partial charge in [0.1, 0.15) is 17.7 Å². The van der Waals surface area contributed by atoms with Crippen LogP contribution in [-0.2, 0) is 33.4 Å². The molecule has 1 aliphatic heterocycles. The van der Waals surface area contributed by atoms with E-state index in [1.165, 1.54) is 20.8 Å². The van der Waals surface area contributed by atoms with Crippen molar-refractivity contribution in [2.45, 2.75) is 97.1 Å². The van der Waals surface area contributed by atoms with E-state index in [0.29, 0.717) is 25.7 Å². The number of unbranched alkanes of at least 4 members (excludes halogenated alkanes) is 1. The molecule has 1 saturated heterocycles. The third-order valence-corrected chi connectivity index (χ3v) is 6.37. The molecule has 0 radical (unpaired) electrons. The number of ketones is 2. The average Bonchev–Trinajstić information content (AvgIpc) is 2.68. The largest absolute Gasteiger partial charge is 0.458 e. The van der Waals surface area contributed by atoms with Crippen LogP contribution in [0.5, 0.6) is 0 Å². The van der Waals surface area contributed by atoms with Crippen molar-refractivity contribution >= 4 is 39.4 Å².